The summed E-state index contributed by atoms with van der Waals surface area (Å²) in [6.45, 7) is 0.658. The monoisotopic (exact) mass is 280 g/mol. The Hall–Kier alpha value is -2.67. The van der Waals surface area contributed by atoms with Crippen molar-refractivity contribution in [1.29, 1.82) is 5.26 Å². The summed E-state index contributed by atoms with van der Waals surface area (Å²) < 4.78 is 11.0. The van der Waals surface area contributed by atoms with Crippen molar-refractivity contribution in [2.75, 3.05) is 19.0 Å². The maximum atomic E-state index is 9.29. The van der Waals surface area contributed by atoms with E-state index in [9.17, 15) is 5.26 Å². The molecule has 0 saturated carbocycles. The first-order valence-corrected chi connectivity index (χ1v) is 6.89. The normalized spacial score (nSPS) is 16.3. The number of fused-ring (bicyclic) bond motifs is 1. The molecular weight excluding hydrogens is 264 g/mol. The zero-order chi connectivity index (χ0) is 14.7. The van der Waals surface area contributed by atoms with Gasteiger partial charge >= 0.3 is 0 Å². The molecular formula is C17H16N2O2. The fourth-order valence-corrected chi connectivity index (χ4v) is 2.61. The van der Waals surface area contributed by atoms with E-state index in [2.05, 4.69) is 11.4 Å². The van der Waals surface area contributed by atoms with Crippen molar-refractivity contribution in [1.82, 2.24) is 0 Å². The third kappa shape index (κ3) is 2.50. The van der Waals surface area contributed by atoms with Crippen molar-refractivity contribution in [3.05, 3.63) is 53.6 Å². The second kappa shape index (κ2) is 5.76. The van der Waals surface area contributed by atoms with Crippen LogP contribution in [0.3, 0.4) is 0 Å². The summed E-state index contributed by atoms with van der Waals surface area (Å²) in [6.07, 6.45) is 0.847. The van der Waals surface area contributed by atoms with Crippen LogP contribution < -0.4 is 14.8 Å². The van der Waals surface area contributed by atoms with Crippen LogP contribution in [0.4, 0.5) is 5.69 Å². The zero-order valence-corrected chi connectivity index (χ0v) is 11.8. The molecule has 1 atom stereocenters. The number of nitriles is 1. The first-order valence-electron chi connectivity index (χ1n) is 6.89. The Morgan fingerprint density at radius 2 is 2.10 bits per heavy atom. The first kappa shape index (κ1) is 13.3. The molecule has 2 aromatic rings. The topological polar surface area (TPSA) is 54.3 Å². The summed E-state index contributed by atoms with van der Waals surface area (Å²) in [6, 6.07) is 15.8. The van der Waals surface area contributed by atoms with Crippen LogP contribution in [-0.4, -0.2) is 13.7 Å². The molecule has 1 heterocycles. The summed E-state index contributed by atoms with van der Waals surface area (Å²) in [4.78, 5) is 0. The molecule has 0 fully saturated rings. The summed E-state index contributed by atoms with van der Waals surface area (Å²) in [5.41, 5.74) is 2.43. The van der Waals surface area contributed by atoms with E-state index in [-0.39, 0.29) is 6.04 Å². The van der Waals surface area contributed by atoms with Gasteiger partial charge in [0.1, 0.15) is 17.6 Å². The molecule has 0 radical (unpaired) electrons. The molecule has 0 saturated heterocycles. The molecule has 106 valence electrons. The predicted octanol–water partition coefficient (Wildman–Crippen LogP) is 3.50. The average Bonchev–Trinajstić information content (AvgIpc) is 2.55. The molecule has 21 heavy (non-hydrogen) atoms. The van der Waals surface area contributed by atoms with Gasteiger partial charge in [-0.3, -0.25) is 0 Å². The predicted molar refractivity (Wildman–Crippen MR) is 80.6 cm³/mol. The van der Waals surface area contributed by atoms with Crippen molar-refractivity contribution in [2.24, 2.45) is 0 Å². The molecule has 1 unspecified atom stereocenters. The number of nitrogens with one attached hydrogen (secondary N) is 1. The smallest absolute Gasteiger partial charge is 0.143 e. The maximum Gasteiger partial charge on any atom is 0.143 e. The van der Waals surface area contributed by atoms with Gasteiger partial charge in [-0.2, -0.15) is 5.26 Å². The van der Waals surface area contributed by atoms with Gasteiger partial charge in [-0.15, -0.1) is 0 Å². The SMILES string of the molecule is COc1cccc(C#N)c1NC1CCOc2ccccc21. The molecule has 4 nitrogen and oxygen atoms in total. The van der Waals surface area contributed by atoms with Crippen LogP contribution in [0.25, 0.3) is 0 Å². The second-order valence-corrected chi connectivity index (χ2v) is 4.87. The molecule has 0 aliphatic carbocycles. The van der Waals surface area contributed by atoms with E-state index in [4.69, 9.17) is 9.47 Å². The molecule has 3 rings (SSSR count). The van der Waals surface area contributed by atoms with E-state index in [0.29, 0.717) is 17.9 Å². The lowest BCUT2D eigenvalue weighted by Crippen LogP contribution is -2.21. The van der Waals surface area contributed by atoms with Gasteiger partial charge in [-0.1, -0.05) is 24.3 Å². The number of rotatable bonds is 3. The zero-order valence-electron chi connectivity index (χ0n) is 11.8. The fraction of sp³-hybridized carbons (Fsp3) is 0.235. The van der Waals surface area contributed by atoms with Crippen LogP contribution in [0, 0.1) is 11.3 Å². The van der Waals surface area contributed by atoms with Gasteiger partial charge in [0.05, 0.1) is 31.0 Å². The Kier molecular flexibility index (Phi) is 3.65. The highest BCUT2D eigenvalue weighted by Gasteiger charge is 2.22. The lowest BCUT2D eigenvalue weighted by molar-refractivity contribution is 0.274. The molecule has 0 amide bonds. The minimum Gasteiger partial charge on any atom is -0.495 e. The molecule has 0 aromatic heterocycles. The van der Waals surface area contributed by atoms with E-state index in [1.165, 1.54) is 0 Å². The van der Waals surface area contributed by atoms with Gasteiger partial charge in [-0.05, 0) is 18.2 Å². The van der Waals surface area contributed by atoms with E-state index < -0.39 is 0 Å². The van der Waals surface area contributed by atoms with Gasteiger partial charge in [0.25, 0.3) is 0 Å². The standard InChI is InChI=1S/C17H16N2O2/c1-20-16-8-4-5-12(11-18)17(16)19-14-9-10-21-15-7-3-2-6-13(14)15/h2-8,14,19H,9-10H2,1H3. The molecule has 1 aliphatic rings. The van der Waals surface area contributed by atoms with Crippen molar-refractivity contribution in [2.45, 2.75) is 12.5 Å². The number of hydrogen-bond acceptors (Lipinski definition) is 4. The highest BCUT2D eigenvalue weighted by molar-refractivity contribution is 5.67. The van der Waals surface area contributed by atoms with E-state index in [1.807, 2.05) is 36.4 Å². The highest BCUT2D eigenvalue weighted by Crippen LogP contribution is 2.37. The Morgan fingerprint density at radius 1 is 1.24 bits per heavy atom. The molecule has 1 aliphatic heterocycles. The summed E-state index contributed by atoms with van der Waals surface area (Å²) in [7, 11) is 1.61. The second-order valence-electron chi connectivity index (χ2n) is 4.87. The van der Waals surface area contributed by atoms with Crippen LogP contribution in [0.2, 0.25) is 0 Å². The summed E-state index contributed by atoms with van der Waals surface area (Å²) >= 11 is 0. The van der Waals surface area contributed by atoms with Crippen LogP contribution in [0.15, 0.2) is 42.5 Å². The van der Waals surface area contributed by atoms with Gasteiger partial charge in [0, 0.05) is 12.0 Å². The van der Waals surface area contributed by atoms with Crippen LogP contribution in [-0.2, 0) is 0 Å². The highest BCUT2D eigenvalue weighted by atomic mass is 16.5. The van der Waals surface area contributed by atoms with Crippen LogP contribution >= 0.6 is 0 Å². The maximum absolute atomic E-state index is 9.29. The van der Waals surface area contributed by atoms with Crippen molar-refractivity contribution in [3.8, 4) is 17.6 Å². The minimum absolute atomic E-state index is 0.110. The molecule has 0 spiro atoms. The van der Waals surface area contributed by atoms with Gasteiger partial charge in [0.15, 0.2) is 0 Å². The van der Waals surface area contributed by atoms with Crippen LogP contribution in [0.1, 0.15) is 23.6 Å². The third-order valence-electron chi connectivity index (χ3n) is 3.64. The molecule has 2 aromatic carbocycles. The average molecular weight is 280 g/mol. The lowest BCUT2D eigenvalue weighted by Gasteiger charge is -2.28. The third-order valence-corrected chi connectivity index (χ3v) is 3.64. The van der Waals surface area contributed by atoms with Gasteiger partial charge < -0.3 is 14.8 Å². The minimum atomic E-state index is 0.110. The van der Waals surface area contributed by atoms with Crippen molar-refractivity contribution in [3.63, 3.8) is 0 Å². The first-order chi connectivity index (χ1) is 10.3. The summed E-state index contributed by atoms with van der Waals surface area (Å²) in [5, 5.41) is 12.7. The van der Waals surface area contributed by atoms with E-state index in [1.54, 1.807) is 13.2 Å². The lowest BCUT2D eigenvalue weighted by atomic mass is 9.99. The molecule has 0 bridgehead atoms. The van der Waals surface area contributed by atoms with Crippen molar-refractivity contribution < 1.29 is 9.47 Å². The number of nitrogens with zero attached hydrogens (tertiary/aromatic N) is 1. The number of ether oxygens (including phenoxy) is 2. The Morgan fingerprint density at radius 3 is 2.90 bits per heavy atom. The number of benzene rings is 2. The Balaban J connectivity index is 1.97. The summed E-state index contributed by atoms with van der Waals surface area (Å²) in [5.74, 6) is 1.58. The van der Waals surface area contributed by atoms with Gasteiger partial charge in [0.2, 0.25) is 0 Å². The number of methoxy groups -OCH3 is 1. The fourth-order valence-electron chi connectivity index (χ4n) is 2.61. The largest absolute Gasteiger partial charge is 0.495 e. The molecule has 1 N–H and O–H groups in total. The number of hydrogen-bond donors (Lipinski definition) is 1. The van der Waals surface area contributed by atoms with Crippen LogP contribution in [0.5, 0.6) is 11.5 Å². The number of anilines is 1. The molecule has 4 heteroatoms. The van der Waals surface area contributed by atoms with Gasteiger partial charge in [-0.25, -0.2) is 0 Å². The number of para-hydroxylation sites is 2. The Labute approximate surface area is 123 Å². The van der Waals surface area contributed by atoms with E-state index >= 15 is 0 Å². The Bertz CT molecular complexity index is 691. The quantitative estimate of drug-likeness (QED) is 0.935. The van der Waals surface area contributed by atoms with E-state index in [0.717, 1.165) is 23.4 Å². The van der Waals surface area contributed by atoms with Crippen molar-refractivity contribution >= 4 is 5.69 Å².